The van der Waals surface area contributed by atoms with Crippen LogP contribution in [0.5, 0.6) is 0 Å². The molecule has 2 atom stereocenters. The van der Waals surface area contributed by atoms with Crippen LogP contribution in [0, 0.1) is 11.8 Å². The fourth-order valence-electron chi connectivity index (χ4n) is 6.64. The highest BCUT2D eigenvalue weighted by Gasteiger charge is 2.33. The molecule has 294 valence electrons. The van der Waals surface area contributed by atoms with E-state index in [2.05, 4.69) is 51.1 Å². The number of amides is 5. The van der Waals surface area contributed by atoms with E-state index in [4.69, 9.17) is 14.2 Å². The third-order valence-corrected chi connectivity index (χ3v) is 14.0. The third kappa shape index (κ3) is 19.0. The molecule has 0 saturated heterocycles. The summed E-state index contributed by atoms with van der Waals surface area (Å²) in [4.78, 5) is 64.3. The highest BCUT2D eigenvalue weighted by atomic mass is 28.3. The number of hydrogen-bond acceptors (Lipinski definition) is 8. The summed E-state index contributed by atoms with van der Waals surface area (Å²) >= 11 is 0. The number of hydrogen-bond donors (Lipinski definition) is 2. The lowest BCUT2D eigenvalue weighted by atomic mass is 10.1. The van der Waals surface area contributed by atoms with Crippen LogP contribution in [0.2, 0.25) is 24.7 Å². The summed E-state index contributed by atoms with van der Waals surface area (Å²) in [5, 5.41) is 5.49. The van der Waals surface area contributed by atoms with E-state index in [1.165, 1.54) is 22.1 Å². The Labute approximate surface area is 313 Å². The molecule has 0 aromatic heterocycles. The fourth-order valence-corrected chi connectivity index (χ4v) is 11.0. The molecule has 1 heterocycles. The van der Waals surface area contributed by atoms with Gasteiger partial charge in [0.1, 0.15) is 0 Å². The summed E-state index contributed by atoms with van der Waals surface area (Å²) in [5.74, 6) is 0.622. The largest absolute Gasteiger partial charge is 0.449 e. The van der Waals surface area contributed by atoms with Crippen molar-refractivity contribution in [3.8, 4) is 0 Å². The van der Waals surface area contributed by atoms with Gasteiger partial charge in [-0.15, -0.1) is 13.2 Å². The molecule has 2 unspecified atom stereocenters. The maximum atomic E-state index is 13.3. The minimum absolute atomic E-state index is 0.0866. The molecule has 1 fully saturated rings. The normalized spacial score (nSPS) is 16.8. The Bertz CT molecular complexity index is 1240. The molecule has 2 N–H and O–H groups in total. The first-order valence-electron chi connectivity index (χ1n) is 19.1. The lowest BCUT2D eigenvalue weighted by molar-refractivity contribution is -0.137. The minimum atomic E-state index is -1.62. The lowest BCUT2D eigenvalue weighted by Crippen LogP contribution is -2.37. The Morgan fingerprint density at radius 1 is 0.904 bits per heavy atom. The Balaban J connectivity index is 1.64. The molecule has 0 radical (unpaired) electrons. The number of alkyl carbamates (subject to hydrolysis) is 1. The van der Waals surface area contributed by atoms with Crippen molar-refractivity contribution in [2.45, 2.75) is 104 Å². The molecule has 2 rings (SSSR count). The van der Waals surface area contributed by atoms with E-state index in [1.54, 1.807) is 6.92 Å². The molecule has 0 aromatic carbocycles. The predicted octanol–water partition coefficient (Wildman–Crippen LogP) is 5.62. The van der Waals surface area contributed by atoms with Crippen LogP contribution in [0.1, 0.15) is 79.1 Å². The standard InChI is InChI=1S/C39H66N4O8Si/c1-30(2)28-52(7,29-31(3)4)24-12-17-42(36(45)14-9-8-10-18-43-37(46)26-33(6)38(43)47)19-21-50-23-22-49-20-16-40-35(44)13-11-15-41-39(48)51-27-34-25-32(34)5/h26,32,34H,1,3,8-25,27-29H2,2,4-7H3,(H,40,44)(H,41,48). The molecule has 0 spiro atoms. The molecule has 5 amide bonds. The number of nitrogens with one attached hydrogen (secondary N) is 2. The average Bonchev–Trinajstić information content (AvgIpc) is 3.72. The summed E-state index contributed by atoms with van der Waals surface area (Å²) in [6.45, 7) is 22.9. The van der Waals surface area contributed by atoms with Gasteiger partial charge in [0.2, 0.25) is 11.8 Å². The van der Waals surface area contributed by atoms with Crippen molar-refractivity contribution < 1.29 is 38.2 Å². The number of ether oxygens (including phenoxy) is 3. The first-order valence-corrected chi connectivity index (χ1v) is 22.3. The summed E-state index contributed by atoms with van der Waals surface area (Å²) in [6, 6.07) is 3.18. The van der Waals surface area contributed by atoms with Gasteiger partial charge in [0.25, 0.3) is 11.8 Å². The SMILES string of the molecule is C=C(C)C[Si](C)(CCCN(CCOCCOCCNC(=O)CCCNC(=O)OCC1CC1C)C(=O)CCCCCN1C(=O)C=C(C)C1=O)CC(=C)C. The quantitative estimate of drug-likeness (QED) is 0.0435. The van der Waals surface area contributed by atoms with E-state index < -0.39 is 14.2 Å². The van der Waals surface area contributed by atoms with Gasteiger partial charge in [-0.2, -0.15) is 0 Å². The molecule has 2 aliphatic rings. The van der Waals surface area contributed by atoms with Crippen molar-refractivity contribution in [2.75, 3.05) is 65.8 Å². The number of nitrogens with zero attached hydrogens (tertiary/aromatic N) is 2. The van der Waals surface area contributed by atoms with Crippen LogP contribution in [0.25, 0.3) is 0 Å². The number of rotatable bonds is 29. The van der Waals surface area contributed by atoms with Gasteiger partial charge in [-0.3, -0.25) is 24.1 Å². The molecule has 12 nitrogen and oxygen atoms in total. The number of carbonyl (C=O) groups excluding carboxylic acids is 5. The van der Waals surface area contributed by atoms with Crippen molar-refractivity contribution in [1.29, 1.82) is 0 Å². The van der Waals surface area contributed by atoms with Gasteiger partial charge in [0.15, 0.2) is 0 Å². The van der Waals surface area contributed by atoms with Gasteiger partial charge in [-0.25, -0.2) is 4.79 Å². The zero-order valence-electron chi connectivity index (χ0n) is 32.7. The minimum Gasteiger partial charge on any atom is -0.449 e. The van der Waals surface area contributed by atoms with E-state index in [9.17, 15) is 24.0 Å². The molecule has 0 aromatic rings. The van der Waals surface area contributed by atoms with Crippen LogP contribution in [0.15, 0.2) is 36.0 Å². The fraction of sp³-hybridized carbons (Fsp3) is 0.718. The highest BCUT2D eigenvalue weighted by molar-refractivity contribution is 6.79. The van der Waals surface area contributed by atoms with Gasteiger partial charge < -0.3 is 29.7 Å². The maximum Gasteiger partial charge on any atom is 0.407 e. The van der Waals surface area contributed by atoms with Gasteiger partial charge >= 0.3 is 6.09 Å². The Morgan fingerprint density at radius 3 is 2.19 bits per heavy atom. The van der Waals surface area contributed by atoms with E-state index in [0.717, 1.165) is 37.4 Å². The molecule has 52 heavy (non-hydrogen) atoms. The summed E-state index contributed by atoms with van der Waals surface area (Å²) in [5.41, 5.74) is 2.87. The van der Waals surface area contributed by atoms with Crippen molar-refractivity contribution in [1.82, 2.24) is 20.4 Å². The van der Waals surface area contributed by atoms with Crippen LogP contribution in [-0.4, -0.2) is 113 Å². The molecular weight excluding hydrogens is 681 g/mol. The van der Waals surface area contributed by atoms with Gasteiger partial charge in [-0.1, -0.05) is 37.1 Å². The van der Waals surface area contributed by atoms with Crippen molar-refractivity contribution in [3.63, 3.8) is 0 Å². The topological polar surface area (TPSA) is 144 Å². The predicted molar refractivity (Wildman–Crippen MR) is 206 cm³/mol. The Kier molecular flexibility index (Phi) is 20.8. The molecule has 1 saturated carbocycles. The average molecular weight is 747 g/mol. The Hall–Kier alpha value is -3.29. The van der Waals surface area contributed by atoms with E-state index >= 15 is 0 Å². The second kappa shape index (κ2) is 24.1. The first-order chi connectivity index (χ1) is 24.7. The van der Waals surface area contributed by atoms with Crippen LogP contribution < -0.4 is 10.6 Å². The van der Waals surface area contributed by atoms with Crippen molar-refractivity contribution in [3.05, 3.63) is 36.0 Å². The highest BCUT2D eigenvalue weighted by Crippen LogP contribution is 2.37. The lowest BCUT2D eigenvalue weighted by Gasteiger charge is -2.30. The summed E-state index contributed by atoms with van der Waals surface area (Å²) in [6.07, 6.45) is 6.31. The molecule has 13 heteroatoms. The second-order valence-electron chi connectivity index (χ2n) is 15.2. The van der Waals surface area contributed by atoms with Gasteiger partial charge in [0, 0.05) is 57.2 Å². The van der Waals surface area contributed by atoms with Crippen LogP contribution in [0.4, 0.5) is 4.79 Å². The van der Waals surface area contributed by atoms with E-state index in [-0.39, 0.29) is 23.6 Å². The van der Waals surface area contributed by atoms with Crippen LogP contribution in [0.3, 0.4) is 0 Å². The van der Waals surface area contributed by atoms with E-state index in [0.29, 0.717) is 115 Å². The molecule has 0 bridgehead atoms. The monoisotopic (exact) mass is 746 g/mol. The molecule has 1 aliphatic carbocycles. The number of imide groups is 1. The summed E-state index contributed by atoms with van der Waals surface area (Å²) < 4.78 is 16.6. The first kappa shape index (κ1) is 44.9. The zero-order valence-corrected chi connectivity index (χ0v) is 33.7. The second-order valence-corrected chi connectivity index (χ2v) is 20.0. The van der Waals surface area contributed by atoms with Crippen molar-refractivity contribution >= 4 is 37.8 Å². The number of carbonyl (C=O) groups is 5. The number of allylic oxidation sites excluding steroid dienone is 2. The van der Waals surface area contributed by atoms with Crippen LogP contribution >= 0.6 is 0 Å². The summed E-state index contributed by atoms with van der Waals surface area (Å²) in [7, 11) is -1.62. The zero-order chi connectivity index (χ0) is 38.5. The van der Waals surface area contributed by atoms with Crippen LogP contribution in [-0.2, 0) is 33.4 Å². The number of unbranched alkanes of at least 4 members (excludes halogenated alkanes) is 2. The third-order valence-electron chi connectivity index (χ3n) is 9.48. The van der Waals surface area contributed by atoms with Gasteiger partial charge in [0.05, 0.1) is 41.1 Å². The van der Waals surface area contributed by atoms with Gasteiger partial charge in [-0.05, 0) is 76.8 Å². The van der Waals surface area contributed by atoms with E-state index in [1.807, 2.05) is 4.90 Å². The maximum absolute atomic E-state index is 13.3. The molecular formula is C39H66N4O8Si. The smallest absolute Gasteiger partial charge is 0.407 e. The van der Waals surface area contributed by atoms with Crippen molar-refractivity contribution in [2.24, 2.45) is 11.8 Å². The molecule has 1 aliphatic heterocycles. The Morgan fingerprint density at radius 2 is 1.58 bits per heavy atom.